The van der Waals surface area contributed by atoms with E-state index >= 15 is 0 Å². The number of nitrogens with zero attached hydrogens (tertiary/aromatic N) is 1. The first-order valence-corrected chi connectivity index (χ1v) is 6.46. The lowest BCUT2D eigenvalue weighted by Crippen LogP contribution is -2.33. The van der Waals surface area contributed by atoms with E-state index in [1.165, 1.54) is 6.92 Å². The lowest BCUT2D eigenvalue weighted by atomic mass is 10.0. The van der Waals surface area contributed by atoms with Crippen LogP contribution < -0.4 is 0 Å². The molecule has 0 saturated heterocycles. The molecule has 2 nitrogen and oxygen atoms in total. The smallest absolute Gasteiger partial charge is 0.220 e. The van der Waals surface area contributed by atoms with Crippen molar-refractivity contribution in [3.63, 3.8) is 0 Å². The molecule has 1 unspecified atom stereocenters. The van der Waals surface area contributed by atoms with E-state index < -0.39 is 0 Å². The summed E-state index contributed by atoms with van der Waals surface area (Å²) in [4.78, 5) is 13.4. The fraction of sp³-hybridized carbons (Fsp3) is 0.267. The van der Waals surface area contributed by atoms with E-state index in [-0.39, 0.29) is 11.9 Å². The SMILES string of the molecule is C#CCN(C(C)=O)C(CC=C)c1ccc(Br)cc1. The van der Waals surface area contributed by atoms with Crippen LogP contribution >= 0.6 is 15.9 Å². The van der Waals surface area contributed by atoms with Crippen molar-refractivity contribution in [2.24, 2.45) is 0 Å². The fourth-order valence-electron chi connectivity index (χ4n) is 1.83. The van der Waals surface area contributed by atoms with Crippen LogP contribution in [0, 0.1) is 12.3 Å². The molecule has 18 heavy (non-hydrogen) atoms. The van der Waals surface area contributed by atoms with Crippen LogP contribution in [0.4, 0.5) is 0 Å². The minimum atomic E-state index is -0.0517. The largest absolute Gasteiger partial charge is 0.324 e. The highest BCUT2D eigenvalue weighted by Crippen LogP contribution is 2.26. The third-order valence-electron chi connectivity index (χ3n) is 2.69. The molecule has 0 aliphatic rings. The highest BCUT2D eigenvalue weighted by atomic mass is 79.9. The van der Waals surface area contributed by atoms with Gasteiger partial charge in [0.25, 0.3) is 0 Å². The van der Waals surface area contributed by atoms with E-state index in [0.29, 0.717) is 13.0 Å². The molecule has 0 fully saturated rings. The lowest BCUT2D eigenvalue weighted by Gasteiger charge is -2.29. The van der Waals surface area contributed by atoms with Crippen LogP contribution in [0.25, 0.3) is 0 Å². The van der Waals surface area contributed by atoms with Crippen LogP contribution in [0.5, 0.6) is 0 Å². The van der Waals surface area contributed by atoms with Crippen molar-refractivity contribution in [2.75, 3.05) is 6.54 Å². The Bertz CT molecular complexity index is 458. The summed E-state index contributed by atoms with van der Waals surface area (Å²) in [6.07, 6.45) is 7.81. The molecule has 1 amide bonds. The maximum atomic E-state index is 11.7. The van der Waals surface area contributed by atoms with E-state index in [0.717, 1.165) is 10.0 Å². The van der Waals surface area contributed by atoms with Crippen molar-refractivity contribution in [1.82, 2.24) is 4.90 Å². The molecule has 0 aliphatic heterocycles. The summed E-state index contributed by atoms with van der Waals surface area (Å²) >= 11 is 3.40. The van der Waals surface area contributed by atoms with Gasteiger partial charge in [-0.25, -0.2) is 0 Å². The topological polar surface area (TPSA) is 20.3 Å². The van der Waals surface area contributed by atoms with Gasteiger partial charge >= 0.3 is 0 Å². The third kappa shape index (κ3) is 3.75. The molecule has 94 valence electrons. The van der Waals surface area contributed by atoms with Crippen molar-refractivity contribution >= 4 is 21.8 Å². The second kappa shape index (κ2) is 7.03. The zero-order chi connectivity index (χ0) is 13.5. The first-order valence-electron chi connectivity index (χ1n) is 5.67. The van der Waals surface area contributed by atoms with Gasteiger partial charge in [-0.3, -0.25) is 4.79 Å². The fourth-order valence-corrected chi connectivity index (χ4v) is 2.09. The minimum absolute atomic E-state index is 0.0253. The first-order chi connectivity index (χ1) is 8.60. The van der Waals surface area contributed by atoms with Crippen LogP contribution in [-0.4, -0.2) is 17.4 Å². The predicted molar refractivity (Wildman–Crippen MR) is 77.9 cm³/mol. The van der Waals surface area contributed by atoms with Crippen molar-refractivity contribution < 1.29 is 4.79 Å². The van der Waals surface area contributed by atoms with Crippen LogP contribution in [0.2, 0.25) is 0 Å². The number of halogens is 1. The number of amides is 1. The van der Waals surface area contributed by atoms with Crippen LogP contribution in [0.3, 0.4) is 0 Å². The van der Waals surface area contributed by atoms with Crippen molar-refractivity contribution in [1.29, 1.82) is 0 Å². The number of hydrogen-bond donors (Lipinski definition) is 0. The minimum Gasteiger partial charge on any atom is -0.324 e. The summed E-state index contributed by atoms with van der Waals surface area (Å²) in [5.41, 5.74) is 1.06. The molecule has 0 heterocycles. The molecular formula is C15H16BrNO. The molecule has 0 bridgehead atoms. The van der Waals surface area contributed by atoms with Crippen molar-refractivity contribution in [3.8, 4) is 12.3 Å². The summed E-state index contributed by atoms with van der Waals surface area (Å²) in [7, 11) is 0. The van der Waals surface area contributed by atoms with Crippen molar-refractivity contribution in [3.05, 3.63) is 47.0 Å². The predicted octanol–water partition coefficient (Wildman–Crippen LogP) is 3.55. The van der Waals surface area contributed by atoms with E-state index in [1.807, 2.05) is 24.3 Å². The Hall–Kier alpha value is -1.53. The Balaban J connectivity index is 3.07. The molecule has 0 N–H and O–H groups in total. The van der Waals surface area contributed by atoms with E-state index in [1.54, 1.807) is 11.0 Å². The summed E-state index contributed by atoms with van der Waals surface area (Å²) < 4.78 is 1.01. The lowest BCUT2D eigenvalue weighted by molar-refractivity contribution is -0.130. The third-order valence-corrected chi connectivity index (χ3v) is 3.22. The van der Waals surface area contributed by atoms with E-state index in [9.17, 15) is 4.79 Å². The van der Waals surface area contributed by atoms with Crippen LogP contribution in [0.15, 0.2) is 41.4 Å². The van der Waals surface area contributed by atoms with Gasteiger partial charge in [0.1, 0.15) is 0 Å². The van der Waals surface area contributed by atoms with Gasteiger partial charge in [-0.15, -0.1) is 13.0 Å². The molecule has 0 spiro atoms. The molecule has 0 radical (unpaired) electrons. The molecular weight excluding hydrogens is 290 g/mol. The Morgan fingerprint density at radius 1 is 1.56 bits per heavy atom. The van der Waals surface area contributed by atoms with Gasteiger partial charge in [0, 0.05) is 11.4 Å². The van der Waals surface area contributed by atoms with Gasteiger partial charge in [0.2, 0.25) is 5.91 Å². The van der Waals surface area contributed by atoms with Crippen LogP contribution in [0.1, 0.15) is 24.9 Å². The van der Waals surface area contributed by atoms with E-state index in [4.69, 9.17) is 6.42 Å². The standard InChI is InChI=1S/C15H16BrNO/c1-4-6-15(17(11-5-2)12(3)18)13-7-9-14(16)10-8-13/h2,4,7-10,15H,1,6,11H2,3H3. The molecule has 0 saturated carbocycles. The molecule has 3 heteroatoms. The Morgan fingerprint density at radius 3 is 2.61 bits per heavy atom. The zero-order valence-electron chi connectivity index (χ0n) is 10.4. The average Bonchev–Trinajstić information content (AvgIpc) is 2.34. The quantitative estimate of drug-likeness (QED) is 0.602. The molecule has 1 aromatic rings. The number of carbonyl (C=O) groups excluding carboxylic acids is 1. The molecule has 1 rings (SSSR count). The van der Waals surface area contributed by atoms with Gasteiger partial charge in [-0.1, -0.05) is 40.1 Å². The number of hydrogen-bond acceptors (Lipinski definition) is 1. The highest BCUT2D eigenvalue weighted by Gasteiger charge is 2.20. The Labute approximate surface area is 117 Å². The van der Waals surface area contributed by atoms with Crippen molar-refractivity contribution in [2.45, 2.75) is 19.4 Å². The molecule has 1 atom stereocenters. The summed E-state index contributed by atoms with van der Waals surface area (Å²) in [5, 5.41) is 0. The second-order valence-corrected chi connectivity index (χ2v) is 4.86. The first kappa shape index (κ1) is 14.5. The second-order valence-electron chi connectivity index (χ2n) is 3.94. The van der Waals surface area contributed by atoms with Gasteiger partial charge in [0.15, 0.2) is 0 Å². The zero-order valence-corrected chi connectivity index (χ0v) is 12.0. The maximum Gasteiger partial charge on any atom is 0.220 e. The van der Waals surface area contributed by atoms with Gasteiger partial charge in [0.05, 0.1) is 12.6 Å². The number of rotatable bonds is 5. The van der Waals surface area contributed by atoms with Crippen LogP contribution in [-0.2, 0) is 4.79 Å². The van der Waals surface area contributed by atoms with Gasteiger partial charge in [-0.05, 0) is 24.1 Å². The normalized spacial score (nSPS) is 11.4. The van der Waals surface area contributed by atoms with Gasteiger partial charge in [-0.2, -0.15) is 0 Å². The van der Waals surface area contributed by atoms with E-state index in [2.05, 4.69) is 28.4 Å². The molecule has 0 aromatic heterocycles. The Morgan fingerprint density at radius 2 is 2.17 bits per heavy atom. The highest BCUT2D eigenvalue weighted by molar-refractivity contribution is 9.10. The average molecular weight is 306 g/mol. The summed E-state index contributed by atoms with van der Waals surface area (Å²) in [6.45, 7) is 5.59. The summed E-state index contributed by atoms with van der Waals surface area (Å²) in [5.74, 6) is 2.51. The van der Waals surface area contributed by atoms with Gasteiger partial charge < -0.3 is 4.90 Å². The summed E-state index contributed by atoms with van der Waals surface area (Å²) in [6, 6.07) is 7.85. The number of carbonyl (C=O) groups is 1. The molecule has 0 aliphatic carbocycles. The Kier molecular flexibility index (Phi) is 5.67. The monoisotopic (exact) mass is 305 g/mol. The number of benzene rings is 1. The molecule has 1 aromatic carbocycles. The number of terminal acetylenes is 1. The maximum absolute atomic E-state index is 11.7.